The smallest absolute Gasteiger partial charge is 0.306 e. The van der Waals surface area contributed by atoms with Crippen LogP contribution >= 0.6 is 0 Å². The van der Waals surface area contributed by atoms with Crippen LogP contribution in [-0.4, -0.2) is 37.2 Å². The van der Waals surface area contributed by atoms with Gasteiger partial charge in [-0.2, -0.15) is 0 Å². The maximum Gasteiger partial charge on any atom is 0.306 e. The van der Waals surface area contributed by atoms with E-state index in [4.69, 9.17) is 14.2 Å². The van der Waals surface area contributed by atoms with Crippen LogP contribution < -0.4 is 0 Å². The lowest BCUT2D eigenvalue weighted by molar-refractivity contribution is -0.167. The molecule has 0 aromatic carbocycles. The van der Waals surface area contributed by atoms with Crippen LogP contribution in [0.5, 0.6) is 0 Å². The van der Waals surface area contributed by atoms with Crippen molar-refractivity contribution in [2.45, 2.75) is 386 Å². The standard InChI is InChI=1S/C69H130O6/c1-4-7-10-13-16-19-22-24-26-28-30-31-32-33-34-35-36-37-39-40-42-44-47-50-53-56-59-62-68(71)74-65-66(64-73-67(70)61-58-55-52-49-46-21-18-15-12-9-6-3)75-69(72)63-60-57-54-51-48-45-43-41-38-29-27-25-23-20-17-14-11-8-5-2/h15,18,25,27,66H,4-14,16-17,19-24,26,28-65H2,1-3H3/b18-15-,27-25-. The Labute approximate surface area is 468 Å². The van der Waals surface area contributed by atoms with Crippen LogP contribution in [0.25, 0.3) is 0 Å². The van der Waals surface area contributed by atoms with Crippen molar-refractivity contribution >= 4 is 17.9 Å². The number of ether oxygens (including phenoxy) is 3. The first kappa shape index (κ1) is 72.9. The summed E-state index contributed by atoms with van der Waals surface area (Å²) >= 11 is 0. The summed E-state index contributed by atoms with van der Waals surface area (Å²) in [5.41, 5.74) is 0. The van der Waals surface area contributed by atoms with Gasteiger partial charge in [-0.25, -0.2) is 0 Å². The van der Waals surface area contributed by atoms with E-state index < -0.39 is 6.10 Å². The number of esters is 3. The third-order valence-electron chi connectivity index (χ3n) is 15.4. The fraction of sp³-hybridized carbons (Fsp3) is 0.899. The summed E-state index contributed by atoms with van der Waals surface area (Å²) in [4.78, 5) is 38.3. The summed E-state index contributed by atoms with van der Waals surface area (Å²) in [6.07, 6.45) is 77.8. The monoisotopic (exact) mass is 1050 g/mol. The number of allylic oxidation sites excluding steroid dienone is 4. The van der Waals surface area contributed by atoms with Crippen LogP contribution in [0.2, 0.25) is 0 Å². The van der Waals surface area contributed by atoms with E-state index in [1.807, 2.05) is 0 Å². The molecule has 0 aliphatic carbocycles. The van der Waals surface area contributed by atoms with Crippen molar-refractivity contribution in [3.8, 4) is 0 Å². The highest BCUT2D eigenvalue weighted by molar-refractivity contribution is 5.71. The number of carbonyl (C=O) groups is 3. The molecule has 0 amide bonds. The van der Waals surface area contributed by atoms with Crippen LogP contribution in [0.1, 0.15) is 380 Å². The highest BCUT2D eigenvalue weighted by Crippen LogP contribution is 2.18. The molecule has 0 rings (SSSR count). The van der Waals surface area contributed by atoms with Crippen LogP contribution in [0.3, 0.4) is 0 Å². The molecule has 0 aliphatic rings. The van der Waals surface area contributed by atoms with Gasteiger partial charge >= 0.3 is 17.9 Å². The third kappa shape index (κ3) is 62.6. The van der Waals surface area contributed by atoms with Crippen LogP contribution in [0.15, 0.2) is 24.3 Å². The Bertz CT molecular complexity index is 1210. The zero-order chi connectivity index (χ0) is 54.3. The van der Waals surface area contributed by atoms with E-state index in [1.54, 1.807) is 0 Å². The van der Waals surface area contributed by atoms with Crippen LogP contribution in [-0.2, 0) is 28.6 Å². The molecule has 0 aromatic heterocycles. The Balaban J connectivity index is 4.15. The number of unbranched alkanes of at least 4 members (excludes halogenated alkanes) is 48. The zero-order valence-electron chi connectivity index (χ0n) is 50.8. The van der Waals surface area contributed by atoms with E-state index in [0.717, 1.165) is 64.2 Å². The second-order valence-electron chi connectivity index (χ2n) is 23.1. The lowest BCUT2D eigenvalue weighted by Gasteiger charge is -2.18. The first-order valence-electron chi connectivity index (χ1n) is 33.8. The van der Waals surface area contributed by atoms with Gasteiger partial charge in [0.2, 0.25) is 0 Å². The van der Waals surface area contributed by atoms with Crippen LogP contribution in [0.4, 0.5) is 0 Å². The highest BCUT2D eigenvalue weighted by Gasteiger charge is 2.19. The van der Waals surface area contributed by atoms with Gasteiger partial charge < -0.3 is 14.2 Å². The van der Waals surface area contributed by atoms with E-state index in [0.29, 0.717) is 19.3 Å². The maximum atomic E-state index is 12.9. The van der Waals surface area contributed by atoms with Gasteiger partial charge in [0, 0.05) is 19.3 Å². The minimum atomic E-state index is -0.773. The van der Waals surface area contributed by atoms with Gasteiger partial charge in [-0.05, 0) is 64.2 Å². The van der Waals surface area contributed by atoms with Gasteiger partial charge in [0.05, 0.1) is 0 Å². The summed E-state index contributed by atoms with van der Waals surface area (Å²) in [5.74, 6) is -0.856. The lowest BCUT2D eigenvalue weighted by atomic mass is 10.0. The summed E-state index contributed by atoms with van der Waals surface area (Å²) in [5, 5.41) is 0. The van der Waals surface area contributed by atoms with Crippen molar-refractivity contribution in [3.05, 3.63) is 24.3 Å². The van der Waals surface area contributed by atoms with Gasteiger partial charge in [-0.3, -0.25) is 14.4 Å². The molecule has 75 heavy (non-hydrogen) atoms. The number of rotatable bonds is 63. The van der Waals surface area contributed by atoms with Crippen molar-refractivity contribution in [3.63, 3.8) is 0 Å². The SMILES string of the molecule is CCCC/C=C\CCCCCCCC(=O)OCC(COC(=O)CCCCCCCCCCCCCCCCCCCCCCCCCCCCC)OC(=O)CCCCCCCCCCC/C=C\CCCCCCCC. The topological polar surface area (TPSA) is 78.9 Å². The molecular formula is C69H130O6. The molecule has 0 bridgehead atoms. The number of hydrogen-bond acceptors (Lipinski definition) is 6. The quantitative estimate of drug-likeness (QED) is 0.0261. The number of hydrogen-bond donors (Lipinski definition) is 0. The van der Waals surface area contributed by atoms with Gasteiger partial charge in [0.1, 0.15) is 13.2 Å². The molecule has 6 nitrogen and oxygen atoms in total. The fourth-order valence-corrected chi connectivity index (χ4v) is 10.3. The Hall–Kier alpha value is -2.11. The predicted octanol–water partition coefficient (Wildman–Crippen LogP) is 23.0. The van der Waals surface area contributed by atoms with Crippen LogP contribution in [0, 0.1) is 0 Å². The Morgan fingerprint density at radius 3 is 0.707 bits per heavy atom. The van der Waals surface area contributed by atoms with Crippen molar-refractivity contribution in [1.29, 1.82) is 0 Å². The maximum absolute atomic E-state index is 12.9. The third-order valence-corrected chi connectivity index (χ3v) is 15.4. The Morgan fingerprint density at radius 2 is 0.453 bits per heavy atom. The first-order chi connectivity index (χ1) is 37.0. The first-order valence-corrected chi connectivity index (χ1v) is 33.8. The second-order valence-corrected chi connectivity index (χ2v) is 23.1. The Morgan fingerprint density at radius 1 is 0.253 bits per heavy atom. The predicted molar refractivity (Wildman–Crippen MR) is 326 cm³/mol. The highest BCUT2D eigenvalue weighted by atomic mass is 16.6. The molecule has 6 heteroatoms. The van der Waals surface area contributed by atoms with E-state index in [1.165, 1.54) is 276 Å². The van der Waals surface area contributed by atoms with Gasteiger partial charge in [0.15, 0.2) is 6.10 Å². The fourth-order valence-electron chi connectivity index (χ4n) is 10.3. The zero-order valence-corrected chi connectivity index (χ0v) is 50.8. The van der Waals surface area contributed by atoms with Gasteiger partial charge in [-0.1, -0.05) is 321 Å². The van der Waals surface area contributed by atoms with Crippen molar-refractivity contribution < 1.29 is 28.6 Å². The van der Waals surface area contributed by atoms with Crippen molar-refractivity contribution in [2.24, 2.45) is 0 Å². The minimum Gasteiger partial charge on any atom is -0.462 e. The second kappa shape index (κ2) is 64.4. The van der Waals surface area contributed by atoms with Crippen molar-refractivity contribution in [1.82, 2.24) is 0 Å². The van der Waals surface area contributed by atoms with Gasteiger partial charge in [-0.15, -0.1) is 0 Å². The van der Waals surface area contributed by atoms with E-state index in [9.17, 15) is 14.4 Å². The van der Waals surface area contributed by atoms with E-state index >= 15 is 0 Å². The molecule has 0 aliphatic heterocycles. The molecule has 0 fully saturated rings. The lowest BCUT2D eigenvalue weighted by Crippen LogP contribution is -2.30. The largest absolute Gasteiger partial charge is 0.462 e. The summed E-state index contributed by atoms with van der Waals surface area (Å²) < 4.78 is 16.9. The molecule has 0 radical (unpaired) electrons. The molecule has 0 aromatic rings. The summed E-state index contributed by atoms with van der Waals surface area (Å²) in [6.45, 7) is 6.66. The normalized spacial score (nSPS) is 12.1. The Kier molecular flexibility index (Phi) is 62.6. The summed E-state index contributed by atoms with van der Waals surface area (Å²) in [6, 6.07) is 0. The van der Waals surface area contributed by atoms with E-state index in [2.05, 4.69) is 45.1 Å². The summed E-state index contributed by atoms with van der Waals surface area (Å²) in [7, 11) is 0. The molecule has 1 unspecified atom stereocenters. The average molecular weight is 1060 g/mol. The minimum absolute atomic E-state index is 0.0697. The number of carbonyl (C=O) groups excluding carboxylic acids is 3. The van der Waals surface area contributed by atoms with E-state index in [-0.39, 0.29) is 31.1 Å². The average Bonchev–Trinajstić information content (AvgIpc) is 3.41. The molecule has 0 spiro atoms. The molecule has 0 saturated carbocycles. The van der Waals surface area contributed by atoms with Gasteiger partial charge in [0.25, 0.3) is 0 Å². The molecule has 0 saturated heterocycles. The van der Waals surface area contributed by atoms with Crippen molar-refractivity contribution in [2.75, 3.05) is 13.2 Å². The molecule has 0 N–H and O–H groups in total. The molecule has 442 valence electrons. The molecule has 1 atom stereocenters. The molecule has 0 heterocycles. The molecular weight excluding hydrogens is 925 g/mol.